The van der Waals surface area contributed by atoms with E-state index in [0.29, 0.717) is 5.56 Å². The summed E-state index contributed by atoms with van der Waals surface area (Å²) in [4.78, 5) is 52.2. The number of carboxylic acids is 1. The van der Waals surface area contributed by atoms with Crippen LogP contribution in [0.1, 0.15) is 40.4 Å². The zero-order valence-electron chi connectivity index (χ0n) is 19.5. The molecule has 0 unspecified atom stereocenters. The molecule has 0 aromatic heterocycles. The summed E-state index contributed by atoms with van der Waals surface area (Å²) in [6.07, 6.45) is -1.26. The summed E-state index contributed by atoms with van der Waals surface area (Å²) in [5, 5.41) is 9.54. The molecule has 1 amide bonds. The number of carbonyl (C=O) groups is 4. The molecule has 0 saturated carbocycles. The number of rotatable bonds is 8. The van der Waals surface area contributed by atoms with Crippen LogP contribution in [0.4, 0.5) is 4.79 Å². The van der Waals surface area contributed by atoms with Crippen LogP contribution in [0.5, 0.6) is 0 Å². The van der Waals surface area contributed by atoms with Gasteiger partial charge in [0.2, 0.25) is 0 Å². The number of carbonyl (C=O) groups excluding carboxylic acids is 3. The third kappa shape index (κ3) is 5.81. The van der Waals surface area contributed by atoms with E-state index in [1.165, 1.54) is 0 Å². The Morgan fingerprint density at radius 3 is 2.24 bits per heavy atom. The van der Waals surface area contributed by atoms with Crippen molar-refractivity contribution >= 4 is 23.8 Å². The average molecular weight is 468 g/mol. The Hall–Kier alpha value is -3.68. The topological polar surface area (TPSA) is 110 Å². The summed E-state index contributed by atoms with van der Waals surface area (Å²) >= 11 is 0. The monoisotopic (exact) mass is 467 g/mol. The van der Waals surface area contributed by atoms with E-state index in [9.17, 15) is 24.3 Å². The number of Topliss-reactive ketones (excluding diaryl/α,β-unsaturated/α-hetero) is 1. The van der Waals surface area contributed by atoms with Gasteiger partial charge in [-0.05, 0) is 38.5 Å². The van der Waals surface area contributed by atoms with Gasteiger partial charge in [-0.3, -0.25) is 14.5 Å². The van der Waals surface area contributed by atoms with Crippen LogP contribution in [0.15, 0.2) is 48.5 Å². The zero-order valence-corrected chi connectivity index (χ0v) is 19.5. The number of hydrogen-bond donors (Lipinski definition) is 1. The number of benzene rings is 2. The van der Waals surface area contributed by atoms with Gasteiger partial charge in [-0.2, -0.15) is 0 Å². The fraction of sp³-hybridized carbons (Fsp3) is 0.385. The van der Waals surface area contributed by atoms with Gasteiger partial charge in [0.15, 0.2) is 5.78 Å². The fourth-order valence-corrected chi connectivity index (χ4v) is 4.50. The van der Waals surface area contributed by atoms with Crippen molar-refractivity contribution in [3.8, 4) is 0 Å². The molecule has 180 valence electrons. The number of carboxylic acid groups (broad SMARTS) is 1. The highest BCUT2D eigenvalue weighted by atomic mass is 16.6. The van der Waals surface area contributed by atoms with Crippen molar-refractivity contribution in [2.75, 3.05) is 13.2 Å². The number of esters is 1. The number of ketones is 1. The Labute approximate surface area is 198 Å². The molecule has 0 spiro atoms. The van der Waals surface area contributed by atoms with E-state index >= 15 is 0 Å². The van der Waals surface area contributed by atoms with Gasteiger partial charge >= 0.3 is 18.0 Å². The molecule has 3 atom stereocenters. The van der Waals surface area contributed by atoms with Crippen LogP contribution in [0.25, 0.3) is 0 Å². The second kappa shape index (κ2) is 11.0. The third-order valence-corrected chi connectivity index (χ3v) is 5.87. The van der Waals surface area contributed by atoms with Crippen molar-refractivity contribution in [3.63, 3.8) is 0 Å². The molecule has 0 bridgehead atoms. The number of aliphatic carboxylic acids is 1. The summed E-state index contributed by atoms with van der Waals surface area (Å²) in [5.41, 5.74) is 2.95. The van der Waals surface area contributed by atoms with E-state index in [0.717, 1.165) is 21.6 Å². The SMILES string of the molecule is CCOC(=O)[C@@H]1[C@@H](CC(=O)O)[C@@H](C(=O)c2cc(C)cc(C)c2)CN1C(=O)OCc1ccccc1. The van der Waals surface area contributed by atoms with Gasteiger partial charge in [0.1, 0.15) is 12.6 Å². The number of ether oxygens (including phenoxy) is 2. The highest BCUT2D eigenvalue weighted by molar-refractivity contribution is 6.00. The van der Waals surface area contributed by atoms with Crippen LogP contribution in [0, 0.1) is 25.7 Å². The minimum absolute atomic E-state index is 0.0228. The van der Waals surface area contributed by atoms with Gasteiger partial charge in [0, 0.05) is 23.9 Å². The van der Waals surface area contributed by atoms with E-state index in [1.54, 1.807) is 31.2 Å². The predicted octanol–water partition coefficient (Wildman–Crippen LogP) is 3.78. The average Bonchev–Trinajstić information content (AvgIpc) is 3.15. The van der Waals surface area contributed by atoms with E-state index in [4.69, 9.17) is 9.47 Å². The van der Waals surface area contributed by atoms with Crippen LogP contribution in [-0.4, -0.2) is 53.0 Å². The molecule has 1 fully saturated rings. The first-order chi connectivity index (χ1) is 16.2. The van der Waals surface area contributed by atoms with Crippen LogP contribution >= 0.6 is 0 Å². The molecule has 8 heteroatoms. The van der Waals surface area contributed by atoms with E-state index in [2.05, 4.69) is 0 Å². The Balaban J connectivity index is 1.93. The van der Waals surface area contributed by atoms with E-state index in [1.807, 2.05) is 38.1 Å². The van der Waals surface area contributed by atoms with Crippen molar-refractivity contribution < 1.29 is 33.8 Å². The van der Waals surface area contributed by atoms with E-state index in [-0.39, 0.29) is 25.5 Å². The number of nitrogens with zero attached hydrogens (tertiary/aromatic N) is 1. The molecule has 1 aliphatic rings. The van der Waals surface area contributed by atoms with Gasteiger partial charge in [-0.15, -0.1) is 0 Å². The van der Waals surface area contributed by atoms with Crippen molar-refractivity contribution in [1.82, 2.24) is 4.90 Å². The van der Waals surface area contributed by atoms with Crippen LogP contribution in [-0.2, 0) is 25.7 Å². The van der Waals surface area contributed by atoms with Crippen molar-refractivity contribution in [1.29, 1.82) is 0 Å². The van der Waals surface area contributed by atoms with Crippen LogP contribution in [0.3, 0.4) is 0 Å². The molecule has 1 N–H and O–H groups in total. The van der Waals surface area contributed by atoms with Gasteiger partial charge in [0.25, 0.3) is 0 Å². The molecule has 1 heterocycles. The molecule has 2 aromatic rings. The Bertz CT molecular complexity index is 1050. The van der Waals surface area contributed by atoms with Crippen LogP contribution < -0.4 is 0 Å². The summed E-state index contributed by atoms with van der Waals surface area (Å²) in [5.74, 6) is -4.08. The molecule has 34 heavy (non-hydrogen) atoms. The Kier molecular flexibility index (Phi) is 8.04. The first-order valence-electron chi connectivity index (χ1n) is 11.2. The highest BCUT2D eigenvalue weighted by Gasteiger charge is 2.52. The van der Waals surface area contributed by atoms with E-state index < -0.39 is 42.3 Å². The minimum Gasteiger partial charge on any atom is -0.481 e. The molecular weight excluding hydrogens is 438 g/mol. The maximum atomic E-state index is 13.5. The summed E-state index contributed by atoms with van der Waals surface area (Å²) < 4.78 is 10.6. The van der Waals surface area contributed by atoms with Gasteiger partial charge in [0.05, 0.1) is 13.0 Å². The molecule has 1 saturated heterocycles. The lowest BCUT2D eigenvalue weighted by molar-refractivity contribution is -0.150. The van der Waals surface area contributed by atoms with Gasteiger partial charge in [-0.1, -0.05) is 47.5 Å². The lowest BCUT2D eigenvalue weighted by Gasteiger charge is -2.25. The minimum atomic E-state index is -1.24. The number of likely N-dealkylation sites (tertiary alicyclic amines) is 1. The summed E-state index contributed by atoms with van der Waals surface area (Å²) in [6, 6.07) is 13.2. The first-order valence-corrected chi connectivity index (χ1v) is 11.2. The Morgan fingerprint density at radius 1 is 1.00 bits per heavy atom. The molecule has 0 aliphatic carbocycles. The van der Waals surface area contributed by atoms with Crippen molar-refractivity contribution in [2.24, 2.45) is 11.8 Å². The van der Waals surface area contributed by atoms with Crippen molar-refractivity contribution in [3.05, 3.63) is 70.8 Å². The third-order valence-electron chi connectivity index (χ3n) is 5.87. The number of aryl methyl sites for hydroxylation is 2. The largest absolute Gasteiger partial charge is 0.481 e. The molecule has 2 aromatic carbocycles. The zero-order chi connectivity index (χ0) is 24.8. The molecule has 8 nitrogen and oxygen atoms in total. The highest BCUT2D eigenvalue weighted by Crippen LogP contribution is 2.36. The normalized spacial score (nSPS) is 19.5. The fourth-order valence-electron chi connectivity index (χ4n) is 4.50. The predicted molar refractivity (Wildman–Crippen MR) is 123 cm³/mol. The van der Waals surface area contributed by atoms with Gasteiger partial charge < -0.3 is 14.6 Å². The molecule has 1 aliphatic heterocycles. The summed E-state index contributed by atoms with van der Waals surface area (Å²) in [7, 11) is 0. The van der Waals surface area contributed by atoms with Crippen LogP contribution in [0.2, 0.25) is 0 Å². The second-order valence-electron chi connectivity index (χ2n) is 8.50. The summed E-state index contributed by atoms with van der Waals surface area (Å²) in [6.45, 7) is 5.24. The number of hydrogen-bond acceptors (Lipinski definition) is 6. The van der Waals surface area contributed by atoms with Crippen molar-refractivity contribution in [2.45, 2.75) is 39.8 Å². The Morgan fingerprint density at radius 2 is 1.65 bits per heavy atom. The lowest BCUT2D eigenvalue weighted by Crippen LogP contribution is -2.45. The quantitative estimate of drug-likeness (QED) is 0.465. The molecule has 3 rings (SSSR count). The standard InChI is InChI=1S/C26H29NO7/c1-4-33-25(31)23-20(13-22(28)29)21(24(30)19-11-16(2)10-17(3)12-19)14-27(23)26(32)34-15-18-8-6-5-7-9-18/h5-12,20-21,23H,4,13-15H2,1-3H3,(H,28,29)/t20-,21-,23-/m0/s1. The van der Waals surface area contributed by atoms with Gasteiger partial charge in [-0.25, -0.2) is 9.59 Å². The smallest absolute Gasteiger partial charge is 0.410 e. The number of amides is 1. The maximum Gasteiger partial charge on any atom is 0.410 e. The maximum absolute atomic E-state index is 13.5. The first kappa shape index (κ1) is 25.0. The molecular formula is C26H29NO7. The molecule has 0 radical (unpaired) electrons. The second-order valence-corrected chi connectivity index (χ2v) is 8.50. The lowest BCUT2D eigenvalue weighted by atomic mass is 9.82.